The lowest BCUT2D eigenvalue weighted by molar-refractivity contribution is 0.210. The highest BCUT2D eigenvalue weighted by molar-refractivity contribution is 4.81. The van der Waals surface area contributed by atoms with E-state index < -0.39 is 0 Å². The summed E-state index contributed by atoms with van der Waals surface area (Å²) in [6, 6.07) is 1.27. The van der Waals surface area contributed by atoms with Crippen LogP contribution in [0, 0.1) is 11.8 Å². The normalized spacial score (nSPS) is 34.0. The summed E-state index contributed by atoms with van der Waals surface area (Å²) >= 11 is 0. The van der Waals surface area contributed by atoms with Gasteiger partial charge in [-0.3, -0.25) is 0 Å². The highest BCUT2D eigenvalue weighted by Gasteiger charge is 2.24. The fourth-order valence-electron chi connectivity index (χ4n) is 2.58. The third-order valence-electron chi connectivity index (χ3n) is 3.91. The largest absolute Gasteiger partial charge is 0.396 e. The van der Waals surface area contributed by atoms with Crippen molar-refractivity contribution in [2.24, 2.45) is 11.8 Å². The number of rotatable bonds is 5. The smallest absolute Gasteiger partial charge is 0.0431 e. The molecule has 1 rings (SSSR count). The van der Waals surface area contributed by atoms with Crippen molar-refractivity contribution in [2.45, 2.75) is 65.0 Å². The van der Waals surface area contributed by atoms with Gasteiger partial charge in [0.25, 0.3) is 0 Å². The molecule has 0 aromatic carbocycles. The van der Waals surface area contributed by atoms with Crippen molar-refractivity contribution < 1.29 is 5.11 Å². The summed E-state index contributed by atoms with van der Waals surface area (Å²) in [6.45, 7) is 7.30. The molecule has 90 valence electrons. The maximum Gasteiger partial charge on any atom is 0.0431 e. The van der Waals surface area contributed by atoms with Crippen LogP contribution in [0.4, 0.5) is 0 Å². The standard InChI is InChI=1S/C13H27NO/c1-10-6-7-13(9-11(10)2)14-12(3)5-4-8-15/h10-15H,4-9H2,1-3H3. The SMILES string of the molecule is CC(CCCO)NC1CCC(C)C(C)C1. The van der Waals surface area contributed by atoms with Gasteiger partial charge in [0.1, 0.15) is 0 Å². The second kappa shape index (κ2) is 6.49. The number of aliphatic hydroxyl groups is 1. The van der Waals surface area contributed by atoms with Gasteiger partial charge in [-0.15, -0.1) is 0 Å². The van der Waals surface area contributed by atoms with Crippen LogP contribution in [0.5, 0.6) is 0 Å². The Bertz CT molecular complexity index is 172. The molecule has 4 unspecified atom stereocenters. The summed E-state index contributed by atoms with van der Waals surface area (Å²) in [7, 11) is 0. The second-order valence-electron chi connectivity index (χ2n) is 5.40. The van der Waals surface area contributed by atoms with Crippen LogP contribution >= 0.6 is 0 Å². The predicted molar refractivity (Wildman–Crippen MR) is 64.9 cm³/mol. The third kappa shape index (κ3) is 4.52. The predicted octanol–water partition coefficient (Wildman–Crippen LogP) is 2.56. The molecule has 0 aliphatic heterocycles. The minimum absolute atomic E-state index is 0.324. The van der Waals surface area contributed by atoms with Crippen LogP contribution < -0.4 is 5.32 Å². The molecule has 1 saturated carbocycles. The van der Waals surface area contributed by atoms with Crippen molar-refractivity contribution in [1.29, 1.82) is 0 Å². The molecule has 0 spiro atoms. The Morgan fingerprint density at radius 2 is 2.00 bits per heavy atom. The summed E-state index contributed by atoms with van der Waals surface area (Å²) in [5, 5.41) is 12.5. The lowest BCUT2D eigenvalue weighted by atomic mass is 9.79. The first kappa shape index (κ1) is 13.0. The molecule has 0 heterocycles. The maximum absolute atomic E-state index is 8.77. The van der Waals surface area contributed by atoms with E-state index in [1.54, 1.807) is 0 Å². The zero-order chi connectivity index (χ0) is 11.3. The van der Waals surface area contributed by atoms with E-state index in [1.807, 2.05) is 0 Å². The minimum Gasteiger partial charge on any atom is -0.396 e. The molecule has 2 N–H and O–H groups in total. The summed E-state index contributed by atoms with van der Waals surface area (Å²) in [5.74, 6) is 1.76. The maximum atomic E-state index is 8.77. The van der Waals surface area contributed by atoms with Crippen molar-refractivity contribution >= 4 is 0 Å². The van der Waals surface area contributed by atoms with Crippen molar-refractivity contribution in [2.75, 3.05) is 6.61 Å². The Balaban J connectivity index is 2.21. The average molecular weight is 213 g/mol. The first-order valence-electron chi connectivity index (χ1n) is 6.50. The number of aliphatic hydroxyl groups excluding tert-OH is 1. The van der Waals surface area contributed by atoms with Gasteiger partial charge >= 0.3 is 0 Å². The molecular weight excluding hydrogens is 186 g/mol. The fraction of sp³-hybridized carbons (Fsp3) is 1.00. The molecule has 1 fully saturated rings. The molecule has 1 aliphatic carbocycles. The fourth-order valence-corrected chi connectivity index (χ4v) is 2.58. The van der Waals surface area contributed by atoms with E-state index in [9.17, 15) is 0 Å². The Morgan fingerprint density at radius 1 is 1.27 bits per heavy atom. The van der Waals surface area contributed by atoms with Gasteiger partial charge in [-0.1, -0.05) is 13.8 Å². The van der Waals surface area contributed by atoms with E-state index in [-0.39, 0.29) is 0 Å². The van der Waals surface area contributed by atoms with Crippen molar-refractivity contribution in [3.8, 4) is 0 Å². The van der Waals surface area contributed by atoms with Crippen molar-refractivity contribution in [3.63, 3.8) is 0 Å². The van der Waals surface area contributed by atoms with E-state index in [4.69, 9.17) is 5.11 Å². The third-order valence-corrected chi connectivity index (χ3v) is 3.91. The van der Waals surface area contributed by atoms with E-state index in [0.29, 0.717) is 18.7 Å². The van der Waals surface area contributed by atoms with Crippen LogP contribution in [-0.4, -0.2) is 23.8 Å². The van der Waals surface area contributed by atoms with E-state index in [2.05, 4.69) is 26.1 Å². The summed E-state index contributed by atoms with van der Waals surface area (Å²) < 4.78 is 0. The molecular formula is C13H27NO. The Hall–Kier alpha value is -0.0800. The highest BCUT2D eigenvalue weighted by Crippen LogP contribution is 2.29. The molecule has 0 aromatic heterocycles. The van der Waals surface area contributed by atoms with Crippen LogP contribution in [0.1, 0.15) is 52.9 Å². The van der Waals surface area contributed by atoms with E-state index in [1.165, 1.54) is 19.3 Å². The van der Waals surface area contributed by atoms with Gasteiger partial charge in [0, 0.05) is 18.7 Å². The first-order chi connectivity index (χ1) is 7.13. The van der Waals surface area contributed by atoms with E-state index in [0.717, 1.165) is 24.7 Å². The monoisotopic (exact) mass is 213 g/mol. The first-order valence-corrected chi connectivity index (χ1v) is 6.50. The molecule has 1 aliphatic rings. The minimum atomic E-state index is 0.324. The van der Waals surface area contributed by atoms with Crippen molar-refractivity contribution in [3.05, 3.63) is 0 Å². The Morgan fingerprint density at radius 3 is 2.60 bits per heavy atom. The molecule has 0 amide bonds. The molecule has 2 heteroatoms. The molecule has 0 bridgehead atoms. The van der Waals surface area contributed by atoms with Gasteiger partial charge in [0.15, 0.2) is 0 Å². The number of hydrogen-bond donors (Lipinski definition) is 2. The van der Waals surface area contributed by atoms with Crippen molar-refractivity contribution in [1.82, 2.24) is 5.32 Å². The zero-order valence-electron chi connectivity index (χ0n) is 10.5. The number of hydrogen-bond acceptors (Lipinski definition) is 2. The molecule has 4 atom stereocenters. The Kier molecular flexibility index (Phi) is 5.62. The van der Waals surface area contributed by atoms with Gasteiger partial charge in [-0.25, -0.2) is 0 Å². The summed E-state index contributed by atoms with van der Waals surface area (Å²) in [5.41, 5.74) is 0. The van der Waals surface area contributed by atoms with Crippen LogP contribution in [0.3, 0.4) is 0 Å². The molecule has 0 aromatic rings. The number of nitrogens with one attached hydrogen (secondary N) is 1. The average Bonchev–Trinajstić information content (AvgIpc) is 2.20. The topological polar surface area (TPSA) is 32.3 Å². The lowest BCUT2D eigenvalue weighted by Gasteiger charge is -2.34. The summed E-state index contributed by atoms with van der Waals surface area (Å²) in [6.07, 6.45) is 6.04. The van der Waals surface area contributed by atoms with Gasteiger partial charge in [-0.05, 0) is 50.9 Å². The summed E-state index contributed by atoms with van der Waals surface area (Å²) in [4.78, 5) is 0. The molecule has 2 nitrogen and oxygen atoms in total. The molecule has 15 heavy (non-hydrogen) atoms. The van der Waals surface area contributed by atoms with Crippen LogP contribution in [0.15, 0.2) is 0 Å². The van der Waals surface area contributed by atoms with Crippen LogP contribution in [-0.2, 0) is 0 Å². The van der Waals surface area contributed by atoms with Gasteiger partial charge in [0.05, 0.1) is 0 Å². The van der Waals surface area contributed by atoms with E-state index >= 15 is 0 Å². The van der Waals surface area contributed by atoms with Gasteiger partial charge < -0.3 is 10.4 Å². The second-order valence-corrected chi connectivity index (χ2v) is 5.40. The van der Waals surface area contributed by atoms with Gasteiger partial charge in [0.2, 0.25) is 0 Å². The molecule has 0 saturated heterocycles. The molecule has 0 radical (unpaired) electrons. The van der Waals surface area contributed by atoms with Crippen LogP contribution in [0.2, 0.25) is 0 Å². The highest BCUT2D eigenvalue weighted by atomic mass is 16.2. The zero-order valence-corrected chi connectivity index (χ0v) is 10.5. The van der Waals surface area contributed by atoms with Crippen LogP contribution in [0.25, 0.3) is 0 Å². The van der Waals surface area contributed by atoms with Gasteiger partial charge in [-0.2, -0.15) is 0 Å². The Labute approximate surface area is 94.5 Å². The lowest BCUT2D eigenvalue weighted by Crippen LogP contribution is -2.41. The quantitative estimate of drug-likeness (QED) is 0.735.